The Morgan fingerprint density at radius 2 is 1.08 bits per heavy atom. The molecule has 5 aromatic carbocycles. The summed E-state index contributed by atoms with van der Waals surface area (Å²) in [5.74, 6) is 0. The molecule has 0 aliphatic heterocycles. The van der Waals surface area contributed by atoms with E-state index in [1.807, 2.05) is 18.3 Å². The zero-order valence-corrected chi connectivity index (χ0v) is 28.3. The number of nitriles is 1. The Hall–Kier alpha value is -5.66. The summed E-state index contributed by atoms with van der Waals surface area (Å²) in [6.07, 6.45) is 1.89. The second-order valence-corrected chi connectivity index (χ2v) is 14.9. The van der Waals surface area contributed by atoms with Gasteiger partial charge in [-0.1, -0.05) is 90.1 Å². The van der Waals surface area contributed by atoms with Crippen LogP contribution in [0.2, 0.25) is 0 Å². The summed E-state index contributed by atoms with van der Waals surface area (Å²) in [4.78, 5) is 4.94. The Morgan fingerprint density at radius 1 is 0.542 bits per heavy atom. The van der Waals surface area contributed by atoms with E-state index in [0.717, 1.165) is 44.7 Å². The van der Waals surface area contributed by atoms with E-state index in [-0.39, 0.29) is 10.8 Å². The molecule has 0 spiro atoms. The molecule has 0 aliphatic rings. The molecule has 0 saturated carbocycles. The first-order chi connectivity index (χ1) is 23.0. The Kier molecular flexibility index (Phi) is 6.62. The number of hydrogen-bond acceptors (Lipinski definition) is 2. The van der Waals surface area contributed by atoms with Crippen molar-refractivity contribution in [3.8, 4) is 28.7 Å². The van der Waals surface area contributed by atoms with Crippen LogP contribution in [0.25, 0.3) is 66.2 Å². The van der Waals surface area contributed by atoms with Gasteiger partial charge < -0.3 is 9.13 Å². The van der Waals surface area contributed by atoms with Gasteiger partial charge in [-0.3, -0.25) is 4.98 Å². The number of pyridine rings is 1. The molecule has 0 amide bonds. The Bertz CT molecular complexity index is 2590. The molecular weight excluding hydrogens is 585 g/mol. The SMILES string of the molecule is CC(C)(C)c1ccc2c(c1)c1ccccc1n2-c1ccnc(-c2cc(C#N)ccc2-n2c3ccccc3c3cc(C(C)(C)C)ccc32)c1. The lowest BCUT2D eigenvalue weighted by Crippen LogP contribution is -2.10. The maximum atomic E-state index is 10.0. The largest absolute Gasteiger partial charge is 0.309 e. The number of nitrogens with zero attached hydrogens (tertiary/aromatic N) is 4. The first-order valence-electron chi connectivity index (χ1n) is 16.6. The van der Waals surface area contributed by atoms with Crippen LogP contribution in [0.5, 0.6) is 0 Å². The lowest BCUT2D eigenvalue weighted by molar-refractivity contribution is 0.591. The van der Waals surface area contributed by atoms with E-state index in [1.54, 1.807) is 0 Å². The number of benzene rings is 5. The summed E-state index contributed by atoms with van der Waals surface area (Å²) in [6, 6.07) is 43.5. The fourth-order valence-electron chi connectivity index (χ4n) is 7.13. The normalized spacial score (nSPS) is 12.4. The molecule has 234 valence electrons. The molecule has 4 heteroatoms. The zero-order chi connectivity index (χ0) is 33.4. The predicted octanol–water partition coefficient (Wildman–Crippen LogP) is 11.4. The summed E-state index contributed by atoms with van der Waals surface area (Å²) in [7, 11) is 0. The van der Waals surface area contributed by atoms with Crippen molar-refractivity contribution in [2.75, 3.05) is 0 Å². The first-order valence-corrected chi connectivity index (χ1v) is 16.6. The maximum Gasteiger partial charge on any atom is 0.0991 e. The van der Waals surface area contributed by atoms with Gasteiger partial charge in [-0.25, -0.2) is 0 Å². The third-order valence-corrected chi connectivity index (χ3v) is 9.72. The van der Waals surface area contributed by atoms with Crippen LogP contribution in [0, 0.1) is 11.3 Å². The van der Waals surface area contributed by atoms with Crippen molar-refractivity contribution in [1.82, 2.24) is 14.1 Å². The highest BCUT2D eigenvalue weighted by Crippen LogP contribution is 2.40. The van der Waals surface area contributed by atoms with Gasteiger partial charge in [0.2, 0.25) is 0 Å². The van der Waals surface area contributed by atoms with Gasteiger partial charge in [0.05, 0.1) is 45.1 Å². The molecule has 0 atom stereocenters. The van der Waals surface area contributed by atoms with Crippen molar-refractivity contribution in [3.63, 3.8) is 0 Å². The molecule has 8 aromatic rings. The van der Waals surface area contributed by atoms with Gasteiger partial charge in [0.1, 0.15) is 0 Å². The molecule has 0 aliphatic carbocycles. The van der Waals surface area contributed by atoms with Gasteiger partial charge in [0, 0.05) is 39.0 Å². The molecule has 0 fully saturated rings. The van der Waals surface area contributed by atoms with E-state index >= 15 is 0 Å². The number of aromatic nitrogens is 3. The van der Waals surface area contributed by atoms with Gasteiger partial charge in [-0.15, -0.1) is 0 Å². The molecule has 3 aromatic heterocycles. The molecule has 0 unspecified atom stereocenters. The summed E-state index contributed by atoms with van der Waals surface area (Å²) in [5.41, 5.74) is 11.6. The standard InChI is InChI=1S/C44H38N4/c1-43(2,3)29-16-19-40-34(24-29)32-11-7-9-13-38(32)47(40)31-21-22-46-37(26-31)36-23-28(27-45)15-18-42(36)48-39-14-10-8-12-33(39)35-25-30(44(4,5)6)17-20-41(35)48/h7-26H,1-6H3. The van der Waals surface area contributed by atoms with Crippen LogP contribution in [0.3, 0.4) is 0 Å². The second-order valence-electron chi connectivity index (χ2n) is 14.9. The summed E-state index contributed by atoms with van der Waals surface area (Å²) in [5, 5.41) is 14.9. The van der Waals surface area contributed by atoms with Crippen molar-refractivity contribution in [2.45, 2.75) is 52.4 Å². The molecule has 8 rings (SSSR count). The maximum absolute atomic E-state index is 10.0. The van der Waals surface area contributed by atoms with Gasteiger partial charge >= 0.3 is 0 Å². The third kappa shape index (κ3) is 4.69. The minimum Gasteiger partial charge on any atom is -0.309 e. The number of para-hydroxylation sites is 2. The van der Waals surface area contributed by atoms with E-state index in [1.165, 1.54) is 32.7 Å². The molecule has 3 heterocycles. The summed E-state index contributed by atoms with van der Waals surface area (Å²) >= 11 is 0. The first kappa shape index (κ1) is 29.7. The fourth-order valence-corrected chi connectivity index (χ4v) is 7.13. The van der Waals surface area contributed by atoms with E-state index in [2.05, 4.69) is 160 Å². The molecule has 0 radical (unpaired) electrons. The van der Waals surface area contributed by atoms with Gasteiger partial charge in [-0.05, 0) is 88.7 Å². The third-order valence-electron chi connectivity index (χ3n) is 9.72. The van der Waals surface area contributed by atoms with Crippen molar-refractivity contribution < 1.29 is 0 Å². The Labute approximate surface area is 281 Å². The van der Waals surface area contributed by atoms with Gasteiger partial charge in [0.25, 0.3) is 0 Å². The highest BCUT2D eigenvalue weighted by molar-refractivity contribution is 6.11. The van der Waals surface area contributed by atoms with Crippen LogP contribution in [0.4, 0.5) is 0 Å². The monoisotopic (exact) mass is 622 g/mol. The predicted molar refractivity (Wildman–Crippen MR) is 200 cm³/mol. The number of fused-ring (bicyclic) bond motifs is 6. The Morgan fingerprint density at radius 3 is 1.67 bits per heavy atom. The van der Waals surface area contributed by atoms with E-state index < -0.39 is 0 Å². The van der Waals surface area contributed by atoms with Crippen molar-refractivity contribution >= 4 is 43.6 Å². The van der Waals surface area contributed by atoms with E-state index in [9.17, 15) is 5.26 Å². The fraction of sp³-hybridized carbons (Fsp3) is 0.182. The average molecular weight is 623 g/mol. The molecule has 0 N–H and O–H groups in total. The van der Waals surface area contributed by atoms with Crippen molar-refractivity contribution in [3.05, 3.63) is 138 Å². The summed E-state index contributed by atoms with van der Waals surface area (Å²) in [6.45, 7) is 13.5. The number of rotatable bonds is 3. The van der Waals surface area contributed by atoms with E-state index in [0.29, 0.717) is 5.56 Å². The van der Waals surface area contributed by atoms with E-state index in [4.69, 9.17) is 4.98 Å². The minimum absolute atomic E-state index is 0.0302. The highest BCUT2D eigenvalue weighted by atomic mass is 15.0. The average Bonchev–Trinajstić information content (AvgIpc) is 3.59. The molecule has 0 saturated heterocycles. The lowest BCUT2D eigenvalue weighted by atomic mass is 9.86. The highest BCUT2D eigenvalue weighted by Gasteiger charge is 2.22. The Balaban J connectivity index is 1.38. The van der Waals surface area contributed by atoms with Crippen LogP contribution >= 0.6 is 0 Å². The number of hydrogen-bond donors (Lipinski definition) is 0. The lowest BCUT2D eigenvalue weighted by Gasteiger charge is -2.19. The van der Waals surface area contributed by atoms with Crippen LogP contribution in [0.1, 0.15) is 58.2 Å². The zero-order valence-electron chi connectivity index (χ0n) is 28.3. The van der Waals surface area contributed by atoms with Crippen molar-refractivity contribution in [2.24, 2.45) is 0 Å². The molecule has 0 bridgehead atoms. The quantitative estimate of drug-likeness (QED) is 0.197. The van der Waals surface area contributed by atoms with Crippen LogP contribution in [-0.2, 0) is 10.8 Å². The minimum atomic E-state index is 0.0302. The molecule has 4 nitrogen and oxygen atoms in total. The second kappa shape index (κ2) is 10.7. The van der Waals surface area contributed by atoms with Crippen LogP contribution in [0.15, 0.2) is 121 Å². The summed E-state index contributed by atoms with van der Waals surface area (Å²) < 4.78 is 4.67. The topological polar surface area (TPSA) is 46.5 Å². The van der Waals surface area contributed by atoms with Crippen LogP contribution < -0.4 is 0 Å². The molecule has 48 heavy (non-hydrogen) atoms. The smallest absolute Gasteiger partial charge is 0.0991 e. The van der Waals surface area contributed by atoms with Crippen LogP contribution in [-0.4, -0.2) is 14.1 Å². The van der Waals surface area contributed by atoms with Gasteiger partial charge in [-0.2, -0.15) is 5.26 Å². The van der Waals surface area contributed by atoms with Crippen molar-refractivity contribution in [1.29, 1.82) is 5.26 Å². The molecular formula is C44H38N4. The van der Waals surface area contributed by atoms with Gasteiger partial charge in [0.15, 0.2) is 0 Å².